The average molecular weight is 215 g/mol. The van der Waals surface area contributed by atoms with Crippen LogP contribution in [0.2, 0.25) is 0 Å². The van der Waals surface area contributed by atoms with Crippen LogP contribution in [-0.4, -0.2) is 13.1 Å². The molecule has 86 valence electrons. The van der Waals surface area contributed by atoms with Crippen LogP contribution >= 0.6 is 0 Å². The average Bonchev–Trinajstić information content (AvgIpc) is 2.39. The van der Waals surface area contributed by atoms with Crippen molar-refractivity contribution in [3.63, 3.8) is 0 Å². The zero-order chi connectivity index (χ0) is 10.8. The largest absolute Gasteiger partial charge is 0.316 e. The van der Waals surface area contributed by atoms with Crippen molar-refractivity contribution in [2.24, 2.45) is 11.8 Å². The van der Waals surface area contributed by atoms with Gasteiger partial charge in [-0.1, -0.05) is 30.3 Å². The second-order valence-corrected chi connectivity index (χ2v) is 5.43. The Morgan fingerprint density at radius 3 is 2.69 bits per heavy atom. The Hall–Kier alpha value is -0.820. The molecular formula is C15H21N. The lowest BCUT2D eigenvalue weighted by molar-refractivity contribution is 0.169. The Bertz CT molecular complexity index is 333. The number of fused-ring (bicyclic) bond motifs is 1. The lowest BCUT2D eigenvalue weighted by Gasteiger charge is -2.39. The lowest BCUT2D eigenvalue weighted by atomic mass is 9.69. The molecule has 1 aromatic carbocycles. The molecule has 3 rings (SSSR count). The molecule has 0 bridgehead atoms. The second-order valence-electron chi connectivity index (χ2n) is 5.43. The smallest absolute Gasteiger partial charge is 0.00176 e. The molecule has 1 N–H and O–H groups in total. The molecule has 1 heterocycles. The summed E-state index contributed by atoms with van der Waals surface area (Å²) in [5.74, 6) is 2.77. The van der Waals surface area contributed by atoms with E-state index in [0.717, 1.165) is 17.8 Å². The van der Waals surface area contributed by atoms with Gasteiger partial charge in [0.1, 0.15) is 0 Å². The summed E-state index contributed by atoms with van der Waals surface area (Å²) in [4.78, 5) is 0. The van der Waals surface area contributed by atoms with Crippen molar-refractivity contribution in [1.82, 2.24) is 5.32 Å². The summed E-state index contributed by atoms with van der Waals surface area (Å²) in [7, 11) is 0. The first-order valence-electron chi connectivity index (χ1n) is 6.69. The summed E-state index contributed by atoms with van der Waals surface area (Å²) in [6.45, 7) is 2.51. The van der Waals surface area contributed by atoms with Gasteiger partial charge in [-0.05, 0) is 62.1 Å². The van der Waals surface area contributed by atoms with Crippen molar-refractivity contribution in [3.8, 4) is 0 Å². The molecule has 1 saturated heterocycles. The van der Waals surface area contributed by atoms with Crippen molar-refractivity contribution in [2.75, 3.05) is 13.1 Å². The third-order valence-electron chi connectivity index (χ3n) is 4.51. The van der Waals surface area contributed by atoms with Gasteiger partial charge in [0, 0.05) is 0 Å². The molecule has 1 aliphatic carbocycles. The monoisotopic (exact) mass is 215 g/mol. The van der Waals surface area contributed by atoms with E-state index in [1.165, 1.54) is 38.8 Å². The van der Waals surface area contributed by atoms with Crippen LogP contribution in [0.1, 0.15) is 37.2 Å². The van der Waals surface area contributed by atoms with Crippen LogP contribution in [0.15, 0.2) is 30.3 Å². The van der Waals surface area contributed by atoms with Gasteiger partial charge in [-0.3, -0.25) is 0 Å². The molecule has 0 aromatic heterocycles. The molecule has 0 amide bonds. The molecule has 0 spiro atoms. The van der Waals surface area contributed by atoms with Gasteiger partial charge in [0.25, 0.3) is 0 Å². The van der Waals surface area contributed by atoms with Gasteiger partial charge in [0.05, 0.1) is 0 Å². The number of nitrogens with one attached hydrogen (secondary N) is 1. The highest BCUT2D eigenvalue weighted by molar-refractivity contribution is 5.20. The van der Waals surface area contributed by atoms with Gasteiger partial charge < -0.3 is 5.32 Å². The van der Waals surface area contributed by atoms with E-state index in [1.807, 2.05) is 0 Å². The summed E-state index contributed by atoms with van der Waals surface area (Å²) in [5.41, 5.74) is 1.56. The first-order valence-corrected chi connectivity index (χ1v) is 6.69. The SMILES string of the molecule is c1ccc([C@@H]2CCC3CCNC[C@@H]3C2)cc1. The molecule has 0 radical (unpaired) electrons. The molecule has 1 heteroatoms. The van der Waals surface area contributed by atoms with Crippen molar-refractivity contribution < 1.29 is 0 Å². The Kier molecular flexibility index (Phi) is 2.96. The lowest BCUT2D eigenvalue weighted by Crippen LogP contribution is -2.39. The van der Waals surface area contributed by atoms with Crippen molar-refractivity contribution in [1.29, 1.82) is 0 Å². The van der Waals surface area contributed by atoms with Gasteiger partial charge in [-0.15, -0.1) is 0 Å². The number of hydrogen-bond donors (Lipinski definition) is 1. The maximum atomic E-state index is 3.56. The van der Waals surface area contributed by atoms with Crippen LogP contribution in [-0.2, 0) is 0 Å². The van der Waals surface area contributed by atoms with E-state index in [4.69, 9.17) is 0 Å². The molecule has 1 nitrogen and oxygen atoms in total. The number of piperidine rings is 1. The van der Waals surface area contributed by atoms with E-state index in [2.05, 4.69) is 35.6 Å². The molecule has 16 heavy (non-hydrogen) atoms. The summed E-state index contributed by atoms with van der Waals surface area (Å²) in [6.07, 6.45) is 5.67. The normalized spacial score (nSPS) is 34.4. The Balaban J connectivity index is 1.71. The fraction of sp³-hybridized carbons (Fsp3) is 0.600. The standard InChI is InChI=1S/C15H21N/c1-2-4-12(5-3-1)14-7-6-13-8-9-16-11-15(13)10-14/h1-5,13-16H,6-11H2/t13?,14-,15+/m1/s1. The van der Waals surface area contributed by atoms with Crippen molar-refractivity contribution in [2.45, 2.75) is 31.6 Å². The second kappa shape index (κ2) is 4.58. The zero-order valence-electron chi connectivity index (χ0n) is 9.86. The van der Waals surface area contributed by atoms with Gasteiger partial charge in [0.2, 0.25) is 0 Å². The number of benzene rings is 1. The Labute approximate surface area is 98.3 Å². The maximum Gasteiger partial charge on any atom is -0.00176 e. The molecule has 1 unspecified atom stereocenters. The van der Waals surface area contributed by atoms with E-state index < -0.39 is 0 Å². The quantitative estimate of drug-likeness (QED) is 0.758. The molecule has 3 atom stereocenters. The summed E-state index contributed by atoms with van der Waals surface area (Å²) in [5, 5.41) is 3.56. The first-order chi connectivity index (χ1) is 7.93. The molecule has 1 saturated carbocycles. The van der Waals surface area contributed by atoms with E-state index in [1.54, 1.807) is 5.56 Å². The van der Waals surface area contributed by atoms with Gasteiger partial charge in [0.15, 0.2) is 0 Å². The first kappa shape index (κ1) is 10.3. The number of hydrogen-bond acceptors (Lipinski definition) is 1. The molecule has 2 aliphatic rings. The van der Waals surface area contributed by atoms with Gasteiger partial charge in [-0.25, -0.2) is 0 Å². The highest BCUT2D eigenvalue weighted by atomic mass is 14.9. The van der Waals surface area contributed by atoms with E-state index in [9.17, 15) is 0 Å². The minimum Gasteiger partial charge on any atom is -0.316 e. The van der Waals surface area contributed by atoms with Crippen LogP contribution < -0.4 is 5.32 Å². The van der Waals surface area contributed by atoms with Crippen molar-refractivity contribution in [3.05, 3.63) is 35.9 Å². The topological polar surface area (TPSA) is 12.0 Å². The fourth-order valence-electron chi connectivity index (χ4n) is 3.56. The molecular weight excluding hydrogens is 194 g/mol. The van der Waals surface area contributed by atoms with Crippen LogP contribution in [0.5, 0.6) is 0 Å². The molecule has 1 aromatic rings. The Morgan fingerprint density at radius 2 is 1.81 bits per heavy atom. The summed E-state index contributed by atoms with van der Waals surface area (Å²) in [6, 6.07) is 11.1. The van der Waals surface area contributed by atoms with E-state index in [-0.39, 0.29) is 0 Å². The number of rotatable bonds is 1. The van der Waals surface area contributed by atoms with Crippen molar-refractivity contribution >= 4 is 0 Å². The van der Waals surface area contributed by atoms with Crippen LogP contribution in [0.3, 0.4) is 0 Å². The summed E-state index contributed by atoms with van der Waals surface area (Å²) >= 11 is 0. The third kappa shape index (κ3) is 2.01. The van der Waals surface area contributed by atoms with E-state index >= 15 is 0 Å². The van der Waals surface area contributed by atoms with Gasteiger partial charge >= 0.3 is 0 Å². The fourth-order valence-corrected chi connectivity index (χ4v) is 3.56. The highest BCUT2D eigenvalue weighted by Gasteiger charge is 2.32. The van der Waals surface area contributed by atoms with E-state index in [0.29, 0.717) is 0 Å². The maximum absolute atomic E-state index is 3.56. The highest BCUT2D eigenvalue weighted by Crippen LogP contribution is 2.41. The molecule has 2 fully saturated rings. The zero-order valence-corrected chi connectivity index (χ0v) is 9.86. The predicted octanol–water partition coefficient (Wildman–Crippen LogP) is 3.18. The third-order valence-corrected chi connectivity index (χ3v) is 4.51. The van der Waals surface area contributed by atoms with Crippen LogP contribution in [0.4, 0.5) is 0 Å². The van der Waals surface area contributed by atoms with Crippen LogP contribution in [0.25, 0.3) is 0 Å². The Morgan fingerprint density at radius 1 is 0.938 bits per heavy atom. The molecule has 1 aliphatic heterocycles. The minimum absolute atomic E-state index is 0.822. The van der Waals surface area contributed by atoms with Gasteiger partial charge in [-0.2, -0.15) is 0 Å². The predicted molar refractivity (Wildman–Crippen MR) is 67.5 cm³/mol. The summed E-state index contributed by atoms with van der Waals surface area (Å²) < 4.78 is 0. The minimum atomic E-state index is 0.822. The van der Waals surface area contributed by atoms with Crippen LogP contribution in [0, 0.1) is 11.8 Å².